The highest BCUT2D eigenvalue weighted by Gasteiger charge is 2.07. The van der Waals surface area contributed by atoms with Crippen LogP contribution in [-0.4, -0.2) is 47.0 Å². The Kier molecular flexibility index (Phi) is 5.86. The number of hydrogen-bond donors (Lipinski definition) is 0. The molecule has 0 saturated heterocycles. The number of allylic oxidation sites excluding steroid dienone is 1. The smallest absolute Gasteiger partial charge is 0.147 e. The fourth-order valence-corrected chi connectivity index (χ4v) is 1.59. The van der Waals surface area contributed by atoms with E-state index >= 15 is 0 Å². The van der Waals surface area contributed by atoms with E-state index in [2.05, 4.69) is 42.1 Å². The third-order valence-electron chi connectivity index (χ3n) is 2.66. The zero-order chi connectivity index (χ0) is 12.7. The summed E-state index contributed by atoms with van der Waals surface area (Å²) in [5, 5.41) is 8.08. The minimum absolute atomic E-state index is 0.683. The van der Waals surface area contributed by atoms with E-state index in [0.29, 0.717) is 6.61 Å². The molecular weight excluding hydrogens is 216 g/mol. The van der Waals surface area contributed by atoms with Crippen LogP contribution in [0.15, 0.2) is 18.0 Å². The van der Waals surface area contributed by atoms with Crippen LogP contribution < -0.4 is 0 Å². The van der Waals surface area contributed by atoms with Gasteiger partial charge in [0.05, 0.1) is 13.2 Å². The van der Waals surface area contributed by atoms with Crippen LogP contribution in [0.3, 0.4) is 0 Å². The van der Waals surface area contributed by atoms with Gasteiger partial charge in [0, 0.05) is 20.2 Å². The van der Waals surface area contributed by atoms with E-state index < -0.39 is 0 Å². The molecule has 0 aromatic carbocycles. The Labute approximate surface area is 103 Å². The Morgan fingerprint density at radius 2 is 2.35 bits per heavy atom. The van der Waals surface area contributed by atoms with Gasteiger partial charge < -0.3 is 9.30 Å². The maximum atomic E-state index is 5.06. The summed E-state index contributed by atoms with van der Waals surface area (Å²) in [4.78, 5) is 2.22. The largest absolute Gasteiger partial charge is 0.383 e. The summed E-state index contributed by atoms with van der Waals surface area (Å²) in [5.41, 5.74) is 1.36. The number of rotatable bonds is 7. The van der Waals surface area contributed by atoms with E-state index in [-0.39, 0.29) is 0 Å². The van der Waals surface area contributed by atoms with Gasteiger partial charge in [-0.2, -0.15) is 0 Å². The molecule has 0 amide bonds. The van der Waals surface area contributed by atoms with Crippen molar-refractivity contribution in [1.82, 2.24) is 19.7 Å². The Morgan fingerprint density at radius 1 is 1.59 bits per heavy atom. The number of likely N-dealkylation sites (N-methyl/N-ethyl adjacent to an activating group) is 1. The van der Waals surface area contributed by atoms with Crippen LogP contribution in [0, 0.1) is 0 Å². The standard InChI is InChI=1S/C12H22N4O/c1-5-11(2)8-15(3)9-12-14-13-10-16(12)6-7-17-4/h5,10H,6-9H2,1-4H3/b11-5+. The highest BCUT2D eigenvalue weighted by Crippen LogP contribution is 2.03. The van der Waals surface area contributed by atoms with Crippen molar-refractivity contribution in [2.45, 2.75) is 26.9 Å². The molecule has 96 valence electrons. The van der Waals surface area contributed by atoms with Crippen LogP contribution in [-0.2, 0) is 17.8 Å². The lowest BCUT2D eigenvalue weighted by Crippen LogP contribution is -2.22. The Balaban J connectivity index is 2.52. The van der Waals surface area contributed by atoms with Gasteiger partial charge in [0.15, 0.2) is 0 Å². The lowest BCUT2D eigenvalue weighted by molar-refractivity contribution is 0.185. The summed E-state index contributed by atoms with van der Waals surface area (Å²) in [6.07, 6.45) is 3.89. The molecule has 1 aromatic rings. The van der Waals surface area contributed by atoms with Crippen molar-refractivity contribution in [1.29, 1.82) is 0 Å². The summed E-state index contributed by atoms with van der Waals surface area (Å²) in [7, 11) is 3.79. The first-order valence-electron chi connectivity index (χ1n) is 5.83. The summed E-state index contributed by atoms with van der Waals surface area (Å²) in [5.74, 6) is 0.980. The Hall–Kier alpha value is -1.20. The molecule has 0 aliphatic rings. The van der Waals surface area contributed by atoms with Gasteiger partial charge in [-0.25, -0.2) is 0 Å². The first kappa shape index (κ1) is 13.9. The third-order valence-corrected chi connectivity index (χ3v) is 2.66. The van der Waals surface area contributed by atoms with Crippen molar-refractivity contribution in [3.8, 4) is 0 Å². The molecule has 0 saturated carbocycles. The maximum absolute atomic E-state index is 5.06. The van der Waals surface area contributed by atoms with Crippen molar-refractivity contribution in [3.05, 3.63) is 23.8 Å². The van der Waals surface area contributed by atoms with E-state index in [1.165, 1.54) is 5.57 Å². The van der Waals surface area contributed by atoms with Gasteiger partial charge in [-0.15, -0.1) is 10.2 Å². The maximum Gasteiger partial charge on any atom is 0.147 e. The van der Waals surface area contributed by atoms with Crippen molar-refractivity contribution < 1.29 is 4.74 Å². The van der Waals surface area contributed by atoms with Crippen molar-refractivity contribution in [3.63, 3.8) is 0 Å². The second-order valence-corrected chi connectivity index (χ2v) is 4.24. The number of ether oxygens (including phenoxy) is 1. The van der Waals surface area contributed by atoms with Gasteiger partial charge in [0.2, 0.25) is 0 Å². The van der Waals surface area contributed by atoms with Crippen LogP contribution in [0.1, 0.15) is 19.7 Å². The zero-order valence-corrected chi connectivity index (χ0v) is 11.2. The van der Waals surface area contributed by atoms with Crippen LogP contribution in [0.4, 0.5) is 0 Å². The van der Waals surface area contributed by atoms with Crippen LogP contribution in [0.2, 0.25) is 0 Å². The monoisotopic (exact) mass is 238 g/mol. The van der Waals surface area contributed by atoms with Crippen LogP contribution >= 0.6 is 0 Å². The molecule has 0 fully saturated rings. The fraction of sp³-hybridized carbons (Fsp3) is 0.667. The zero-order valence-electron chi connectivity index (χ0n) is 11.2. The SMILES string of the molecule is C/C=C(\C)CN(C)Cc1nncn1CCOC. The molecule has 0 aliphatic carbocycles. The molecule has 1 aromatic heterocycles. The highest BCUT2D eigenvalue weighted by molar-refractivity contribution is 4.98. The predicted molar refractivity (Wildman–Crippen MR) is 67.7 cm³/mol. The lowest BCUT2D eigenvalue weighted by atomic mass is 10.3. The summed E-state index contributed by atoms with van der Waals surface area (Å²) in [6, 6.07) is 0. The second kappa shape index (κ2) is 7.19. The normalized spacial score (nSPS) is 12.4. The predicted octanol–water partition coefficient (Wildman–Crippen LogP) is 1.32. The van der Waals surface area contributed by atoms with Gasteiger partial charge in [0.25, 0.3) is 0 Å². The van der Waals surface area contributed by atoms with E-state index in [1.54, 1.807) is 13.4 Å². The van der Waals surface area contributed by atoms with E-state index in [4.69, 9.17) is 4.74 Å². The average Bonchev–Trinajstić information content (AvgIpc) is 2.73. The Morgan fingerprint density at radius 3 is 3.00 bits per heavy atom. The van der Waals surface area contributed by atoms with Gasteiger partial charge in [-0.1, -0.05) is 11.6 Å². The molecule has 1 rings (SSSR count). The van der Waals surface area contributed by atoms with Gasteiger partial charge in [-0.3, -0.25) is 4.90 Å². The van der Waals surface area contributed by atoms with Crippen LogP contribution in [0.5, 0.6) is 0 Å². The van der Waals surface area contributed by atoms with Gasteiger partial charge in [-0.05, 0) is 20.9 Å². The molecule has 0 radical (unpaired) electrons. The first-order chi connectivity index (χ1) is 8.17. The average molecular weight is 238 g/mol. The molecule has 17 heavy (non-hydrogen) atoms. The minimum Gasteiger partial charge on any atom is -0.383 e. The first-order valence-corrected chi connectivity index (χ1v) is 5.83. The minimum atomic E-state index is 0.683. The van der Waals surface area contributed by atoms with Gasteiger partial charge in [0.1, 0.15) is 12.2 Å². The number of nitrogens with zero attached hydrogens (tertiary/aromatic N) is 4. The number of hydrogen-bond acceptors (Lipinski definition) is 4. The topological polar surface area (TPSA) is 43.2 Å². The third kappa shape index (κ3) is 4.66. The van der Waals surface area contributed by atoms with Gasteiger partial charge >= 0.3 is 0 Å². The van der Waals surface area contributed by atoms with Crippen LogP contribution in [0.25, 0.3) is 0 Å². The molecular formula is C12H22N4O. The lowest BCUT2D eigenvalue weighted by Gasteiger charge is -2.16. The van der Waals surface area contributed by atoms with E-state index in [1.807, 2.05) is 4.57 Å². The molecule has 0 aliphatic heterocycles. The van der Waals surface area contributed by atoms with Crippen molar-refractivity contribution >= 4 is 0 Å². The van der Waals surface area contributed by atoms with E-state index in [0.717, 1.165) is 25.5 Å². The van der Waals surface area contributed by atoms with Crippen molar-refractivity contribution in [2.75, 3.05) is 27.3 Å². The molecule has 5 heteroatoms. The number of methoxy groups -OCH3 is 1. The molecule has 0 atom stereocenters. The molecule has 5 nitrogen and oxygen atoms in total. The summed E-state index contributed by atoms with van der Waals surface area (Å²) < 4.78 is 7.09. The Bertz CT molecular complexity index is 359. The summed E-state index contributed by atoms with van der Waals surface area (Å²) >= 11 is 0. The molecule has 1 heterocycles. The van der Waals surface area contributed by atoms with E-state index in [9.17, 15) is 0 Å². The number of aromatic nitrogens is 3. The van der Waals surface area contributed by atoms with Crippen molar-refractivity contribution in [2.24, 2.45) is 0 Å². The quantitative estimate of drug-likeness (QED) is 0.672. The molecule has 0 bridgehead atoms. The second-order valence-electron chi connectivity index (χ2n) is 4.24. The molecule has 0 N–H and O–H groups in total. The highest BCUT2D eigenvalue weighted by atomic mass is 16.5. The molecule has 0 unspecified atom stereocenters. The summed E-state index contributed by atoms with van der Waals surface area (Å²) in [6.45, 7) is 7.43. The fourth-order valence-electron chi connectivity index (χ4n) is 1.59. The molecule has 0 spiro atoms.